The van der Waals surface area contributed by atoms with E-state index in [0.29, 0.717) is 0 Å². The first-order chi connectivity index (χ1) is 9.31. The quantitative estimate of drug-likeness (QED) is 0.872. The van der Waals surface area contributed by atoms with Gasteiger partial charge in [-0.2, -0.15) is 5.26 Å². The van der Waals surface area contributed by atoms with E-state index in [1.165, 1.54) is 25.3 Å². The van der Waals surface area contributed by atoms with Gasteiger partial charge in [-0.25, -0.2) is 13.1 Å². The Morgan fingerprint density at radius 2 is 2.10 bits per heavy atom. The SMILES string of the molecule is COCC(NS(=O)(=O)c1cc(C#N)ccc1Cl)C(C)C. The fourth-order valence-electron chi connectivity index (χ4n) is 1.58. The molecule has 1 N–H and O–H groups in total. The zero-order valence-corrected chi connectivity index (χ0v) is 13.1. The van der Waals surface area contributed by atoms with Gasteiger partial charge >= 0.3 is 0 Å². The minimum Gasteiger partial charge on any atom is -0.383 e. The molecular weight excluding hydrogens is 300 g/mol. The van der Waals surface area contributed by atoms with E-state index in [9.17, 15) is 8.42 Å². The lowest BCUT2D eigenvalue weighted by Gasteiger charge is -2.21. The monoisotopic (exact) mass is 316 g/mol. The summed E-state index contributed by atoms with van der Waals surface area (Å²) in [7, 11) is -2.30. The van der Waals surface area contributed by atoms with Crippen LogP contribution in [0.4, 0.5) is 0 Å². The second kappa shape index (κ2) is 7.04. The number of hydrogen-bond donors (Lipinski definition) is 1. The van der Waals surface area contributed by atoms with E-state index < -0.39 is 10.0 Å². The van der Waals surface area contributed by atoms with Crippen LogP contribution in [0.1, 0.15) is 19.4 Å². The maximum absolute atomic E-state index is 12.4. The molecule has 1 aromatic carbocycles. The molecule has 0 aliphatic rings. The van der Waals surface area contributed by atoms with Crippen LogP contribution in [0.3, 0.4) is 0 Å². The van der Waals surface area contributed by atoms with Crippen LogP contribution in [0.25, 0.3) is 0 Å². The van der Waals surface area contributed by atoms with Crippen LogP contribution in [0.2, 0.25) is 5.02 Å². The summed E-state index contributed by atoms with van der Waals surface area (Å²) in [5.74, 6) is 0.0580. The molecule has 7 heteroatoms. The molecular formula is C13H17ClN2O3S. The molecule has 0 aromatic heterocycles. The van der Waals surface area contributed by atoms with Gasteiger partial charge in [0.05, 0.1) is 23.3 Å². The van der Waals surface area contributed by atoms with E-state index in [1.807, 2.05) is 19.9 Å². The Hall–Kier alpha value is -1.13. The molecule has 1 aromatic rings. The van der Waals surface area contributed by atoms with Crippen LogP contribution in [0.5, 0.6) is 0 Å². The summed E-state index contributed by atoms with van der Waals surface area (Å²) in [6.45, 7) is 4.03. The number of nitrogens with one attached hydrogen (secondary N) is 1. The van der Waals surface area contributed by atoms with Crippen molar-refractivity contribution in [2.75, 3.05) is 13.7 Å². The molecule has 5 nitrogen and oxygen atoms in total. The van der Waals surface area contributed by atoms with Crippen LogP contribution >= 0.6 is 11.6 Å². The summed E-state index contributed by atoms with van der Waals surface area (Å²) < 4.78 is 32.3. The molecule has 0 amide bonds. The second-order valence-electron chi connectivity index (χ2n) is 4.68. The largest absolute Gasteiger partial charge is 0.383 e. The van der Waals surface area contributed by atoms with E-state index in [2.05, 4.69) is 4.72 Å². The van der Waals surface area contributed by atoms with Gasteiger partial charge in [-0.15, -0.1) is 0 Å². The van der Waals surface area contributed by atoms with Gasteiger partial charge < -0.3 is 4.74 Å². The lowest BCUT2D eigenvalue weighted by molar-refractivity contribution is 0.157. The van der Waals surface area contributed by atoms with Crippen molar-refractivity contribution in [3.8, 4) is 6.07 Å². The number of rotatable bonds is 6. The van der Waals surface area contributed by atoms with Gasteiger partial charge in [0.1, 0.15) is 4.90 Å². The molecule has 0 aliphatic carbocycles. The average molecular weight is 317 g/mol. The summed E-state index contributed by atoms with van der Waals surface area (Å²) in [5.41, 5.74) is 0.239. The highest BCUT2D eigenvalue weighted by Gasteiger charge is 2.24. The summed E-state index contributed by atoms with van der Waals surface area (Å²) in [6.07, 6.45) is 0. The van der Waals surface area contributed by atoms with Crippen LogP contribution in [0.15, 0.2) is 23.1 Å². The van der Waals surface area contributed by atoms with Crippen molar-refractivity contribution in [3.05, 3.63) is 28.8 Å². The lowest BCUT2D eigenvalue weighted by Crippen LogP contribution is -2.41. The molecule has 0 radical (unpaired) electrons. The van der Waals surface area contributed by atoms with Crippen molar-refractivity contribution < 1.29 is 13.2 Å². The highest BCUT2D eigenvalue weighted by Crippen LogP contribution is 2.23. The van der Waals surface area contributed by atoms with Crippen molar-refractivity contribution in [1.82, 2.24) is 4.72 Å². The van der Waals surface area contributed by atoms with Crippen molar-refractivity contribution >= 4 is 21.6 Å². The van der Waals surface area contributed by atoms with Gasteiger partial charge in [0.15, 0.2) is 0 Å². The van der Waals surface area contributed by atoms with Gasteiger partial charge in [0.25, 0.3) is 0 Å². The molecule has 0 saturated heterocycles. The Morgan fingerprint density at radius 1 is 1.45 bits per heavy atom. The zero-order valence-electron chi connectivity index (χ0n) is 11.6. The summed E-state index contributed by atoms with van der Waals surface area (Å²) >= 11 is 5.92. The van der Waals surface area contributed by atoms with E-state index >= 15 is 0 Å². The van der Waals surface area contributed by atoms with Crippen LogP contribution < -0.4 is 4.72 Å². The third-order valence-electron chi connectivity index (χ3n) is 2.81. The first-order valence-electron chi connectivity index (χ1n) is 6.02. The Labute approximate surface area is 124 Å². The maximum atomic E-state index is 12.4. The first-order valence-corrected chi connectivity index (χ1v) is 7.89. The van der Waals surface area contributed by atoms with E-state index in [4.69, 9.17) is 21.6 Å². The Balaban J connectivity index is 3.13. The van der Waals surface area contributed by atoms with Crippen molar-refractivity contribution in [3.63, 3.8) is 0 Å². The van der Waals surface area contributed by atoms with Gasteiger partial charge in [-0.1, -0.05) is 25.4 Å². The molecule has 0 heterocycles. The normalized spacial score (nSPS) is 13.2. The Bertz CT molecular complexity index is 609. The number of halogens is 1. The van der Waals surface area contributed by atoms with E-state index in [0.717, 1.165) is 0 Å². The number of sulfonamides is 1. The number of ether oxygens (including phenoxy) is 1. The molecule has 110 valence electrons. The van der Waals surface area contributed by atoms with Crippen LogP contribution in [-0.2, 0) is 14.8 Å². The van der Waals surface area contributed by atoms with Gasteiger partial charge in [0, 0.05) is 13.2 Å². The van der Waals surface area contributed by atoms with Gasteiger partial charge in [0.2, 0.25) is 10.0 Å². The molecule has 20 heavy (non-hydrogen) atoms. The fourth-order valence-corrected chi connectivity index (χ4v) is 3.48. The van der Waals surface area contributed by atoms with Crippen molar-refractivity contribution in [1.29, 1.82) is 5.26 Å². The maximum Gasteiger partial charge on any atom is 0.242 e. The summed E-state index contributed by atoms with van der Waals surface area (Å²) in [4.78, 5) is -0.0973. The number of hydrogen-bond acceptors (Lipinski definition) is 4. The third-order valence-corrected chi connectivity index (χ3v) is 4.78. The molecule has 0 aliphatic heterocycles. The zero-order chi connectivity index (χ0) is 15.3. The first kappa shape index (κ1) is 16.9. The van der Waals surface area contributed by atoms with E-state index in [1.54, 1.807) is 0 Å². The minimum atomic E-state index is -3.80. The summed E-state index contributed by atoms with van der Waals surface area (Å²) in [6, 6.07) is 5.65. The molecule has 0 spiro atoms. The highest BCUT2D eigenvalue weighted by molar-refractivity contribution is 7.89. The standard InChI is InChI=1S/C13H17ClN2O3S/c1-9(2)12(8-19-3)16-20(17,18)13-6-10(7-15)4-5-11(13)14/h4-6,9,12,16H,8H2,1-3H3. The Morgan fingerprint density at radius 3 is 2.60 bits per heavy atom. The fraction of sp³-hybridized carbons (Fsp3) is 0.462. The van der Waals surface area contributed by atoms with Crippen molar-refractivity contribution in [2.24, 2.45) is 5.92 Å². The third kappa shape index (κ3) is 4.18. The van der Waals surface area contributed by atoms with Crippen LogP contribution in [-0.4, -0.2) is 28.2 Å². The topological polar surface area (TPSA) is 79.2 Å². The van der Waals surface area contributed by atoms with Crippen LogP contribution in [0, 0.1) is 17.2 Å². The molecule has 0 bridgehead atoms. The predicted octanol–water partition coefficient (Wildman–Crippen LogP) is 2.16. The predicted molar refractivity (Wildman–Crippen MR) is 77.0 cm³/mol. The lowest BCUT2D eigenvalue weighted by atomic mass is 10.1. The molecule has 1 unspecified atom stereocenters. The number of benzene rings is 1. The number of nitrogens with zero attached hydrogens (tertiary/aromatic N) is 1. The second-order valence-corrected chi connectivity index (χ2v) is 6.77. The minimum absolute atomic E-state index is 0.0580. The number of methoxy groups -OCH3 is 1. The van der Waals surface area contributed by atoms with Crippen molar-refractivity contribution in [2.45, 2.75) is 24.8 Å². The number of nitriles is 1. The smallest absolute Gasteiger partial charge is 0.242 e. The molecule has 0 saturated carbocycles. The molecule has 1 rings (SSSR count). The van der Waals surface area contributed by atoms with Gasteiger partial charge in [-0.05, 0) is 24.1 Å². The highest BCUT2D eigenvalue weighted by atomic mass is 35.5. The average Bonchev–Trinajstić information content (AvgIpc) is 2.38. The van der Waals surface area contributed by atoms with Gasteiger partial charge in [-0.3, -0.25) is 0 Å². The Kier molecular flexibility index (Phi) is 5.96. The molecule has 0 fully saturated rings. The van der Waals surface area contributed by atoms with E-state index in [-0.39, 0.29) is 34.0 Å². The molecule has 1 atom stereocenters. The summed E-state index contributed by atoms with van der Waals surface area (Å²) in [5, 5.41) is 8.92.